The summed E-state index contributed by atoms with van der Waals surface area (Å²) in [7, 11) is 1.74. The van der Waals surface area contributed by atoms with Gasteiger partial charge in [0.2, 0.25) is 0 Å². The van der Waals surface area contributed by atoms with Crippen LogP contribution in [0.1, 0.15) is 65.7 Å². The molecule has 1 amide bonds. The number of hydrogen-bond donors (Lipinski definition) is 2. The van der Waals surface area contributed by atoms with E-state index in [1.807, 2.05) is 20.8 Å². The summed E-state index contributed by atoms with van der Waals surface area (Å²) in [6.07, 6.45) is 8.16. The van der Waals surface area contributed by atoms with E-state index in [0.29, 0.717) is 18.6 Å². The van der Waals surface area contributed by atoms with Crippen LogP contribution in [0.15, 0.2) is 0 Å². The molecule has 1 fully saturated rings. The van der Waals surface area contributed by atoms with Crippen molar-refractivity contribution in [3.63, 3.8) is 0 Å². The van der Waals surface area contributed by atoms with Crippen molar-refractivity contribution in [3.05, 3.63) is 0 Å². The van der Waals surface area contributed by atoms with Gasteiger partial charge in [0, 0.05) is 25.7 Å². The lowest BCUT2D eigenvalue weighted by Crippen LogP contribution is -2.42. The van der Waals surface area contributed by atoms with Crippen molar-refractivity contribution in [2.24, 2.45) is 0 Å². The van der Waals surface area contributed by atoms with Crippen molar-refractivity contribution < 1.29 is 14.3 Å². The molecular formula is C17H34N2O3. The summed E-state index contributed by atoms with van der Waals surface area (Å²) in [6.45, 7) is 6.98. The van der Waals surface area contributed by atoms with E-state index in [2.05, 4.69) is 10.6 Å². The molecular weight excluding hydrogens is 280 g/mol. The molecule has 5 heteroatoms. The summed E-state index contributed by atoms with van der Waals surface area (Å²) in [6, 6.07) is 1.00. The smallest absolute Gasteiger partial charge is 0.407 e. The molecule has 1 unspecified atom stereocenters. The lowest BCUT2D eigenvalue weighted by atomic mass is 9.94. The van der Waals surface area contributed by atoms with Gasteiger partial charge in [0.25, 0.3) is 0 Å². The van der Waals surface area contributed by atoms with Gasteiger partial charge in [0.1, 0.15) is 5.60 Å². The van der Waals surface area contributed by atoms with Gasteiger partial charge in [-0.25, -0.2) is 4.79 Å². The van der Waals surface area contributed by atoms with E-state index in [4.69, 9.17) is 9.47 Å². The Labute approximate surface area is 135 Å². The Balaban J connectivity index is 2.19. The molecule has 0 bridgehead atoms. The van der Waals surface area contributed by atoms with Gasteiger partial charge < -0.3 is 20.1 Å². The van der Waals surface area contributed by atoms with Crippen LogP contribution in [0, 0.1) is 0 Å². The molecule has 22 heavy (non-hydrogen) atoms. The first-order valence-corrected chi connectivity index (χ1v) is 8.62. The molecule has 2 N–H and O–H groups in total. The predicted molar refractivity (Wildman–Crippen MR) is 89.1 cm³/mol. The van der Waals surface area contributed by atoms with E-state index >= 15 is 0 Å². The minimum absolute atomic E-state index is 0.337. The Morgan fingerprint density at radius 1 is 1.23 bits per heavy atom. The first-order valence-electron chi connectivity index (χ1n) is 8.62. The second-order valence-corrected chi connectivity index (χ2v) is 7.22. The number of ether oxygens (including phenoxy) is 2. The quantitative estimate of drug-likeness (QED) is 0.675. The van der Waals surface area contributed by atoms with Crippen LogP contribution in [0.4, 0.5) is 4.79 Å². The SMILES string of the molecule is COCC(CCCNC(=O)OC(C)(C)C)NC1CCCCC1. The van der Waals surface area contributed by atoms with Gasteiger partial charge in [-0.1, -0.05) is 19.3 Å². The van der Waals surface area contributed by atoms with Gasteiger partial charge in [-0.15, -0.1) is 0 Å². The second-order valence-electron chi connectivity index (χ2n) is 7.22. The predicted octanol–water partition coefficient (Wildman–Crippen LogP) is 3.23. The van der Waals surface area contributed by atoms with E-state index < -0.39 is 5.60 Å². The molecule has 5 nitrogen and oxygen atoms in total. The van der Waals surface area contributed by atoms with E-state index in [0.717, 1.165) is 19.4 Å². The molecule has 0 heterocycles. The van der Waals surface area contributed by atoms with Crippen LogP contribution < -0.4 is 10.6 Å². The maximum absolute atomic E-state index is 11.6. The third-order valence-electron chi connectivity index (χ3n) is 3.84. The fraction of sp³-hybridized carbons (Fsp3) is 0.941. The molecule has 0 spiro atoms. The Morgan fingerprint density at radius 3 is 2.50 bits per heavy atom. The largest absolute Gasteiger partial charge is 0.444 e. The molecule has 0 aromatic rings. The third-order valence-corrected chi connectivity index (χ3v) is 3.84. The molecule has 0 aliphatic heterocycles. The van der Waals surface area contributed by atoms with Gasteiger partial charge in [-0.3, -0.25) is 0 Å². The number of alkyl carbamates (subject to hydrolysis) is 1. The van der Waals surface area contributed by atoms with Gasteiger partial charge in [-0.05, 0) is 46.5 Å². The molecule has 1 atom stereocenters. The minimum atomic E-state index is -0.439. The summed E-state index contributed by atoms with van der Waals surface area (Å²) in [5.74, 6) is 0. The molecule has 130 valence electrons. The van der Waals surface area contributed by atoms with Crippen LogP contribution in [0.5, 0.6) is 0 Å². The van der Waals surface area contributed by atoms with Crippen LogP contribution in [-0.4, -0.2) is 44.0 Å². The van der Waals surface area contributed by atoms with Crippen molar-refractivity contribution in [2.75, 3.05) is 20.3 Å². The standard InChI is InChI=1S/C17H34N2O3/c1-17(2,3)22-16(20)18-12-8-11-15(13-21-4)19-14-9-6-5-7-10-14/h14-15,19H,5-13H2,1-4H3,(H,18,20). The first kappa shape index (κ1) is 19.2. The highest BCUT2D eigenvalue weighted by atomic mass is 16.6. The Hall–Kier alpha value is -0.810. The van der Waals surface area contributed by atoms with Gasteiger partial charge in [-0.2, -0.15) is 0 Å². The third kappa shape index (κ3) is 9.26. The normalized spacial score (nSPS) is 18.0. The van der Waals surface area contributed by atoms with Crippen molar-refractivity contribution in [2.45, 2.75) is 83.4 Å². The van der Waals surface area contributed by atoms with Crippen molar-refractivity contribution in [1.29, 1.82) is 0 Å². The molecule has 0 aromatic heterocycles. The summed E-state index contributed by atoms with van der Waals surface area (Å²) < 4.78 is 10.5. The Kier molecular flexibility index (Phi) is 8.79. The van der Waals surface area contributed by atoms with Gasteiger partial charge in [0.15, 0.2) is 0 Å². The van der Waals surface area contributed by atoms with Gasteiger partial charge >= 0.3 is 6.09 Å². The fourth-order valence-electron chi connectivity index (χ4n) is 2.87. The number of hydrogen-bond acceptors (Lipinski definition) is 4. The van der Waals surface area contributed by atoms with Crippen LogP contribution in [-0.2, 0) is 9.47 Å². The Bertz CT molecular complexity index is 310. The highest BCUT2D eigenvalue weighted by Crippen LogP contribution is 2.18. The highest BCUT2D eigenvalue weighted by Gasteiger charge is 2.18. The topological polar surface area (TPSA) is 59.6 Å². The summed E-state index contributed by atoms with van der Waals surface area (Å²) >= 11 is 0. The summed E-state index contributed by atoms with van der Waals surface area (Å²) in [5.41, 5.74) is -0.439. The molecule has 0 radical (unpaired) electrons. The van der Waals surface area contributed by atoms with Gasteiger partial charge in [0.05, 0.1) is 6.61 Å². The average molecular weight is 314 g/mol. The Morgan fingerprint density at radius 2 is 1.91 bits per heavy atom. The maximum atomic E-state index is 11.6. The van der Waals surface area contributed by atoms with E-state index in [1.165, 1.54) is 32.1 Å². The van der Waals surface area contributed by atoms with E-state index in [-0.39, 0.29) is 6.09 Å². The molecule has 1 rings (SSSR count). The number of carbonyl (C=O) groups excluding carboxylic acids is 1. The van der Waals surface area contributed by atoms with Crippen LogP contribution in [0.3, 0.4) is 0 Å². The van der Waals surface area contributed by atoms with Crippen LogP contribution >= 0.6 is 0 Å². The maximum Gasteiger partial charge on any atom is 0.407 e. The molecule has 1 saturated carbocycles. The highest BCUT2D eigenvalue weighted by molar-refractivity contribution is 5.67. The van der Waals surface area contributed by atoms with E-state index in [1.54, 1.807) is 7.11 Å². The van der Waals surface area contributed by atoms with Crippen LogP contribution in [0.25, 0.3) is 0 Å². The number of amides is 1. The average Bonchev–Trinajstić information content (AvgIpc) is 2.43. The van der Waals surface area contributed by atoms with Crippen molar-refractivity contribution >= 4 is 6.09 Å². The summed E-state index contributed by atoms with van der Waals surface area (Å²) in [5, 5.41) is 6.52. The monoisotopic (exact) mass is 314 g/mol. The minimum Gasteiger partial charge on any atom is -0.444 e. The fourth-order valence-corrected chi connectivity index (χ4v) is 2.87. The second kappa shape index (κ2) is 10.1. The zero-order valence-electron chi connectivity index (χ0n) is 14.7. The number of methoxy groups -OCH3 is 1. The number of nitrogens with one attached hydrogen (secondary N) is 2. The molecule has 0 aromatic carbocycles. The van der Waals surface area contributed by atoms with E-state index in [9.17, 15) is 4.79 Å². The lowest BCUT2D eigenvalue weighted by Gasteiger charge is -2.28. The van der Waals surface area contributed by atoms with Crippen molar-refractivity contribution in [3.8, 4) is 0 Å². The number of rotatable bonds is 8. The zero-order chi connectivity index (χ0) is 16.4. The van der Waals surface area contributed by atoms with Crippen LogP contribution in [0.2, 0.25) is 0 Å². The summed E-state index contributed by atoms with van der Waals surface area (Å²) in [4.78, 5) is 11.6. The molecule has 0 saturated heterocycles. The molecule has 1 aliphatic rings. The molecule has 1 aliphatic carbocycles. The zero-order valence-corrected chi connectivity index (χ0v) is 14.7. The lowest BCUT2D eigenvalue weighted by molar-refractivity contribution is 0.0525. The van der Waals surface area contributed by atoms with Crippen molar-refractivity contribution in [1.82, 2.24) is 10.6 Å². The first-order chi connectivity index (χ1) is 10.4. The number of carbonyl (C=O) groups is 1.